The van der Waals surface area contributed by atoms with Crippen LogP contribution in [0.25, 0.3) is 0 Å². The maximum Gasteiger partial charge on any atom is 0.139 e. The van der Waals surface area contributed by atoms with Crippen molar-refractivity contribution >= 4 is 28.9 Å². The van der Waals surface area contributed by atoms with Crippen molar-refractivity contribution in [1.82, 2.24) is 9.97 Å². The van der Waals surface area contributed by atoms with E-state index in [1.165, 1.54) is 0 Å². The third-order valence-electron chi connectivity index (χ3n) is 3.16. The summed E-state index contributed by atoms with van der Waals surface area (Å²) in [4.78, 5) is 9.14. The van der Waals surface area contributed by atoms with Crippen molar-refractivity contribution in [1.29, 1.82) is 0 Å². The lowest BCUT2D eigenvalue weighted by Crippen LogP contribution is -2.10. The molecule has 0 aliphatic heterocycles. The number of hydrogen-bond donors (Lipinski definition) is 2. The van der Waals surface area contributed by atoms with Gasteiger partial charge < -0.3 is 10.6 Å². The van der Waals surface area contributed by atoms with Gasteiger partial charge in [0.25, 0.3) is 0 Å². The second kappa shape index (κ2) is 7.27. The highest BCUT2D eigenvalue weighted by atomic mass is 35.5. The smallest absolute Gasteiger partial charge is 0.139 e. The Morgan fingerprint density at radius 3 is 2.33 bits per heavy atom. The summed E-state index contributed by atoms with van der Waals surface area (Å²) in [5.74, 6) is 2.57. The van der Waals surface area contributed by atoms with E-state index in [0.29, 0.717) is 0 Å². The Morgan fingerprint density at radius 2 is 1.71 bits per heavy atom. The monoisotopic (exact) mass is 304 g/mol. The normalized spacial score (nSPS) is 10.5. The molecule has 21 heavy (non-hydrogen) atoms. The number of aryl methyl sites for hydroxylation is 1. The van der Waals surface area contributed by atoms with Crippen molar-refractivity contribution in [3.05, 3.63) is 40.7 Å². The molecule has 112 valence electrons. The molecule has 0 aliphatic rings. The van der Waals surface area contributed by atoms with Gasteiger partial charge in [0.15, 0.2) is 0 Å². The van der Waals surface area contributed by atoms with Crippen LogP contribution in [0.15, 0.2) is 24.3 Å². The number of nitrogens with one attached hydrogen (secondary N) is 2. The van der Waals surface area contributed by atoms with Crippen molar-refractivity contribution in [3.8, 4) is 0 Å². The Morgan fingerprint density at radius 1 is 1.05 bits per heavy atom. The van der Waals surface area contributed by atoms with E-state index in [1.807, 2.05) is 31.2 Å². The fourth-order valence-corrected chi connectivity index (χ4v) is 2.05. The zero-order valence-electron chi connectivity index (χ0n) is 12.7. The highest BCUT2D eigenvalue weighted by molar-refractivity contribution is 6.30. The largest absolute Gasteiger partial charge is 0.370 e. The summed E-state index contributed by atoms with van der Waals surface area (Å²) in [6.45, 7) is 7.12. The lowest BCUT2D eigenvalue weighted by atomic mass is 10.2. The number of rotatable bonds is 6. The number of anilines is 3. The second-order valence-electron chi connectivity index (χ2n) is 4.87. The van der Waals surface area contributed by atoms with E-state index in [-0.39, 0.29) is 0 Å². The number of nitrogens with zero attached hydrogens (tertiary/aromatic N) is 2. The van der Waals surface area contributed by atoms with Gasteiger partial charge in [-0.15, -0.1) is 0 Å². The summed E-state index contributed by atoms with van der Waals surface area (Å²) < 4.78 is 0. The van der Waals surface area contributed by atoms with Crippen LogP contribution < -0.4 is 10.6 Å². The molecule has 1 aromatic heterocycles. The summed E-state index contributed by atoms with van der Waals surface area (Å²) >= 11 is 5.91. The molecule has 0 saturated carbocycles. The molecule has 0 aliphatic carbocycles. The first-order chi connectivity index (χ1) is 10.1. The molecule has 1 heterocycles. The van der Waals surface area contributed by atoms with Gasteiger partial charge in [-0.05, 0) is 37.6 Å². The fraction of sp³-hybridized carbons (Fsp3) is 0.375. The van der Waals surface area contributed by atoms with Gasteiger partial charge in [0, 0.05) is 29.2 Å². The number of halogens is 1. The molecule has 2 aromatic rings. The van der Waals surface area contributed by atoms with Crippen LogP contribution in [0.1, 0.15) is 31.7 Å². The van der Waals surface area contributed by atoms with Crippen LogP contribution in [0.5, 0.6) is 0 Å². The van der Waals surface area contributed by atoms with Crippen LogP contribution in [-0.4, -0.2) is 16.5 Å². The topological polar surface area (TPSA) is 49.8 Å². The van der Waals surface area contributed by atoms with Gasteiger partial charge in [-0.3, -0.25) is 0 Å². The van der Waals surface area contributed by atoms with Crippen LogP contribution in [-0.2, 0) is 6.42 Å². The molecule has 4 nitrogen and oxygen atoms in total. The first-order valence-electron chi connectivity index (χ1n) is 7.28. The van der Waals surface area contributed by atoms with Crippen molar-refractivity contribution in [2.45, 2.75) is 33.6 Å². The Labute approximate surface area is 131 Å². The summed E-state index contributed by atoms with van der Waals surface area (Å²) in [6.07, 6.45) is 1.86. The molecular formula is C16H21ClN4. The lowest BCUT2D eigenvalue weighted by Gasteiger charge is -2.14. The van der Waals surface area contributed by atoms with Crippen LogP contribution >= 0.6 is 11.6 Å². The number of benzene rings is 1. The third-order valence-corrected chi connectivity index (χ3v) is 3.41. The zero-order valence-corrected chi connectivity index (χ0v) is 13.5. The van der Waals surface area contributed by atoms with E-state index in [9.17, 15) is 0 Å². The van der Waals surface area contributed by atoms with E-state index in [4.69, 9.17) is 11.6 Å². The summed E-state index contributed by atoms with van der Waals surface area (Å²) in [7, 11) is 0. The quantitative estimate of drug-likeness (QED) is 0.821. The van der Waals surface area contributed by atoms with Crippen molar-refractivity contribution in [3.63, 3.8) is 0 Å². The molecule has 0 spiro atoms. The van der Waals surface area contributed by atoms with Crippen LogP contribution in [0.4, 0.5) is 17.3 Å². The number of aromatic nitrogens is 2. The van der Waals surface area contributed by atoms with Crippen LogP contribution in [0.3, 0.4) is 0 Å². The fourth-order valence-electron chi connectivity index (χ4n) is 1.93. The Hall–Kier alpha value is -1.81. The standard InChI is InChI=1S/C16H21ClN4/c1-4-10-18-15-11(3)16(21-14(5-2)20-15)19-13-8-6-12(17)7-9-13/h6-9H,4-5,10H2,1-3H3,(H2,18,19,20,21). The molecule has 0 radical (unpaired) electrons. The molecule has 0 saturated heterocycles. The summed E-state index contributed by atoms with van der Waals surface area (Å²) in [6, 6.07) is 7.60. The molecule has 0 unspecified atom stereocenters. The van der Waals surface area contributed by atoms with Crippen molar-refractivity contribution in [2.24, 2.45) is 0 Å². The highest BCUT2D eigenvalue weighted by Gasteiger charge is 2.10. The molecule has 1 aromatic carbocycles. The predicted molar refractivity (Wildman–Crippen MR) is 89.7 cm³/mol. The van der Waals surface area contributed by atoms with E-state index >= 15 is 0 Å². The minimum Gasteiger partial charge on any atom is -0.370 e. The van der Waals surface area contributed by atoms with Gasteiger partial charge in [-0.2, -0.15) is 0 Å². The maximum absolute atomic E-state index is 5.91. The molecule has 0 bridgehead atoms. The minimum absolute atomic E-state index is 0.722. The molecule has 2 N–H and O–H groups in total. The minimum atomic E-state index is 0.722. The van der Waals surface area contributed by atoms with E-state index in [1.54, 1.807) is 0 Å². The van der Waals surface area contributed by atoms with E-state index in [2.05, 4.69) is 34.4 Å². The van der Waals surface area contributed by atoms with Gasteiger partial charge >= 0.3 is 0 Å². The predicted octanol–water partition coefficient (Wildman–Crippen LogP) is 4.57. The SMILES string of the molecule is CCCNc1nc(CC)nc(Nc2ccc(Cl)cc2)c1C. The first-order valence-corrected chi connectivity index (χ1v) is 7.65. The van der Waals surface area contributed by atoms with Gasteiger partial charge in [0.2, 0.25) is 0 Å². The van der Waals surface area contributed by atoms with Gasteiger partial charge in [-0.1, -0.05) is 25.4 Å². The molecule has 0 atom stereocenters. The van der Waals surface area contributed by atoms with Gasteiger partial charge in [0.05, 0.1) is 0 Å². The summed E-state index contributed by atoms with van der Waals surface area (Å²) in [5.41, 5.74) is 1.99. The van der Waals surface area contributed by atoms with E-state index < -0.39 is 0 Å². The average molecular weight is 305 g/mol. The number of hydrogen-bond acceptors (Lipinski definition) is 4. The van der Waals surface area contributed by atoms with Crippen molar-refractivity contribution < 1.29 is 0 Å². The Bertz CT molecular complexity index is 596. The Balaban J connectivity index is 2.30. The lowest BCUT2D eigenvalue weighted by molar-refractivity contribution is 0.911. The highest BCUT2D eigenvalue weighted by Crippen LogP contribution is 2.24. The molecule has 0 amide bonds. The van der Waals surface area contributed by atoms with E-state index in [0.717, 1.165) is 53.1 Å². The average Bonchev–Trinajstić information content (AvgIpc) is 2.50. The Kier molecular flexibility index (Phi) is 5.39. The molecule has 5 heteroatoms. The first kappa shape index (κ1) is 15.6. The zero-order chi connectivity index (χ0) is 15.2. The van der Waals surface area contributed by atoms with Crippen LogP contribution in [0, 0.1) is 6.92 Å². The molecule has 0 fully saturated rings. The maximum atomic E-state index is 5.91. The van der Waals surface area contributed by atoms with Crippen LogP contribution in [0.2, 0.25) is 5.02 Å². The molecular weight excluding hydrogens is 284 g/mol. The molecule has 2 rings (SSSR count). The second-order valence-corrected chi connectivity index (χ2v) is 5.31. The van der Waals surface area contributed by atoms with Gasteiger partial charge in [-0.25, -0.2) is 9.97 Å². The van der Waals surface area contributed by atoms with Gasteiger partial charge in [0.1, 0.15) is 17.5 Å². The van der Waals surface area contributed by atoms with Crippen molar-refractivity contribution in [2.75, 3.05) is 17.2 Å². The summed E-state index contributed by atoms with van der Waals surface area (Å²) in [5, 5.41) is 7.42. The third kappa shape index (κ3) is 4.08.